The number of ether oxygens (including phenoxy) is 1. The van der Waals surface area contributed by atoms with E-state index in [4.69, 9.17) is 4.74 Å². The van der Waals surface area contributed by atoms with Crippen molar-refractivity contribution in [3.8, 4) is 5.75 Å². The van der Waals surface area contributed by atoms with E-state index in [9.17, 15) is 23.3 Å². The number of nitro benzene ring substituents is 1. The Morgan fingerprint density at radius 3 is 2.41 bits per heavy atom. The molecule has 2 aromatic carbocycles. The lowest BCUT2D eigenvalue weighted by Crippen LogP contribution is -2.24. The Balaban J connectivity index is 2.17. The Labute approximate surface area is 169 Å². The van der Waals surface area contributed by atoms with Gasteiger partial charge in [-0.15, -0.1) is 0 Å². The van der Waals surface area contributed by atoms with Crippen molar-refractivity contribution in [1.29, 1.82) is 0 Å². The number of carbonyl (C=O) groups excluding carboxylic acids is 1. The molecule has 0 aliphatic carbocycles. The summed E-state index contributed by atoms with van der Waals surface area (Å²) >= 11 is 0. The number of anilines is 1. The smallest absolute Gasteiger partial charge is 0.271 e. The highest BCUT2D eigenvalue weighted by molar-refractivity contribution is 7.92. The lowest BCUT2D eigenvalue weighted by Gasteiger charge is -2.12. The molecular formula is C19H23N3O6S. The molecule has 2 rings (SSSR count). The van der Waals surface area contributed by atoms with Crippen LogP contribution < -0.4 is 14.8 Å². The fourth-order valence-electron chi connectivity index (χ4n) is 2.56. The van der Waals surface area contributed by atoms with Crippen molar-refractivity contribution in [3.05, 3.63) is 58.1 Å². The molecule has 0 aromatic heterocycles. The fraction of sp³-hybridized carbons (Fsp3) is 0.316. The maximum absolute atomic E-state index is 12.6. The van der Waals surface area contributed by atoms with Crippen LogP contribution in [-0.2, 0) is 10.0 Å². The first-order valence-corrected chi connectivity index (χ1v) is 10.5. The number of nitrogens with zero attached hydrogens (tertiary/aromatic N) is 1. The van der Waals surface area contributed by atoms with Crippen LogP contribution in [0.1, 0.15) is 36.5 Å². The summed E-state index contributed by atoms with van der Waals surface area (Å²) in [6.45, 7) is 2.62. The Hall–Kier alpha value is -3.14. The van der Waals surface area contributed by atoms with E-state index in [-0.39, 0.29) is 27.9 Å². The van der Waals surface area contributed by atoms with Crippen LogP contribution in [-0.4, -0.2) is 32.9 Å². The van der Waals surface area contributed by atoms with Crippen LogP contribution >= 0.6 is 0 Å². The molecule has 0 saturated heterocycles. The molecule has 10 heteroatoms. The van der Waals surface area contributed by atoms with Crippen molar-refractivity contribution in [3.63, 3.8) is 0 Å². The van der Waals surface area contributed by atoms with Crippen LogP contribution in [0.3, 0.4) is 0 Å². The predicted molar refractivity (Wildman–Crippen MR) is 109 cm³/mol. The van der Waals surface area contributed by atoms with E-state index in [1.807, 2.05) is 0 Å². The van der Waals surface area contributed by atoms with Gasteiger partial charge in [0.1, 0.15) is 5.75 Å². The molecule has 0 aliphatic rings. The van der Waals surface area contributed by atoms with Crippen LogP contribution in [0.2, 0.25) is 0 Å². The maximum atomic E-state index is 12.6. The van der Waals surface area contributed by atoms with Gasteiger partial charge in [-0.05, 0) is 36.8 Å². The number of benzene rings is 2. The monoisotopic (exact) mass is 421 g/mol. The Kier molecular flexibility index (Phi) is 7.54. The number of carbonyl (C=O) groups is 1. The largest absolute Gasteiger partial charge is 0.495 e. The van der Waals surface area contributed by atoms with Gasteiger partial charge in [0.15, 0.2) is 0 Å². The first kappa shape index (κ1) is 22.2. The molecule has 0 radical (unpaired) electrons. The number of hydrogen-bond acceptors (Lipinski definition) is 6. The molecule has 156 valence electrons. The first-order chi connectivity index (χ1) is 13.8. The molecule has 0 saturated carbocycles. The zero-order chi connectivity index (χ0) is 21.4. The van der Waals surface area contributed by atoms with E-state index < -0.39 is 14.9 Å². The second-order valence-corrected chi connectivity index (χ2v) is 7.92. The number of nitrogens with one attached hydrogen (secondary N) is 2. The van der Waals surface area contributed by atoms with Crippen LogP contribution in [0.5, 0.6) is 5.75 Å². The van der Waals surface area contributed by atoms with Gasteiger partial charge in [0, 0.05) is 24.2 Å². The minimum absolute atomic E-state index is 0.0561. The summed E-state index contributed by atoms with van der Waals surface area (Å²) in [6, 6.07) is 9.02. The van der Waals surface area contributed by atoms with E-state index in [1.54, 1.807) is 0 Å². The predicted octanol–water partition coefficient (Wildman–Crippen LogP) is 3.32. The molecule has 0 aliphatic heterocycles. The molecule has 0 heterocycles. The van der Waals surface area contributed by atoms with Gasteiger partial charge in [0.2, 0.25) is 0 Å². The average molecular weight is 421 g/mol. The van der Waals surface area contributed by atoms with Crippen molar-refractivity contribution in [2.45, 2.75) is 31.1 Å². The summed E-state index contributed by atoms with van der Waals surface area (Å²) in [6.07, 6.45) is 2.94. The summed E-state index contributed by atoms with van der Waals surface area (Å²) in [5.74, 6) is -0.138. The lowest BCUT2D eigenvalue weighted by atomic mass is 10.2. The van der Waals surface area contributed by atoms with Gasteiger partial charge in [0.25, 0.3) is 21.6 Å². The van der Waals surface area contributed by atoms with Gasteiger partial charge in [-0.25, -0.2) is 8.42 Å². The number of amides is 1. The molecule has 2 N–H and O–H groups in total. The number of nitro groups is 1. The Morgan fingerprint density at radius 2 is 1.83 bits per heavy atom. The second kappa shape index (κ2) is 9.87. The number of unbranched alkanes of at least 4 members (excludes halogenated alkanes) is 2. The molecule has 29 heavy (non-hydrogen) atoms. The van der Waals surface area contributed by atoms with Gasteiger partial charge in [-0.1, -0.05) is 19.8 Å². The quantitative estimate of drug-likeness (QED) is 0.344. The van der Waals surface area contributed by atoms with Crippen molar-refractivity contribution in [2.75, 3.05) is 18.4 Å². The Bertz CT molecular complexity index is 974. The SMILES string of the molecule is CCCCCNC(=O)c1ccc(S(=O)(=O)Nc2cc([N+](=O)[O-])ccc2OC)cc1. The van der Waals surface area contributed by atoms with Gasteiger partial charge >= 0.3 is 0 Å². The zero-order valence-corrected chi connectivity index (χ0v) is 17.0. The van der Waals surface area contributed by atoms with Crippen LogP contribution in [0.25, 0.3) is 0 Å². The molecule has 9 nitrogen and oxygen atoms in total. The standard InChI is InChI=1S/C19H23N3O6S/c1-3-4-5-12-20-19(23)14-6-9-16(10-7-14)29(26,27)21-17-13-15(22(24)25)8-11-18(17)28-2/h6-11,13,21H,3-5,12H2,1-2H3,(H,20,23). The van der Waals surface area contributed by atoms with E-state index in [2.05, 4.69) is 17.0 Å². The topological polar surface area (TPSA) is 128 Å². The number of non-ortho nitro benzene ring substituents is 1. The van der Waals surface area contributed by atoms with Gasteiger partial charge in [0.05, 0.1) is 22.6 Å². The first-order valence-electron chi connectivity index (χ1n) is 9.02. The normalized spacial score (nSPS) is 11.0. The van der Waals surface area contributed by atoms with E-state index in [0.717, 1.165) is 25.3 Å². The average Bonchev–Trinajstić information content (AvgIpc) is 2.70. The van der Waals surface area contributed by atoms with E-state index >= 15 is 0 Å². The lowest BCUT2D eigenvalue weighted by molar-refractivity contribution is -0.384. The van der Waals surface area contributed by atoms with Crippen LogP contribution in [0.15, 0.2) is 47.4 Å². The number of rotatable bonds is 10. The number of sulfonamides is 1. The Morgan fingerprint density at radius 1 is 1.14 bits per heavy atom. The molecular weight excluding hydrogens is 398 g/mol. The molecule has 2 aromatic rings. The van der Waals surface area contributed by atoms with Crippen molar-refractivity contribution in [2.24, 2.45) is 0 Å². The molecule has 0 spiro atoms. The van der Waals surface area contributed by atoms with Crippen LogP contribution in [0.4, 0.5) is 11.4 Å². The third-order valence-corrected chi connectivity index (χ3v) is 5.51. The summed E-state index contributed by atoms with van der Waals surface area (Å²) in [5.41, 5.74) is 0.00594. The van der Waals surface area contributed by atoms with Crippen molar-refractivity contribution < 1.29 is 22.9 Å². The van der Waals surface area contributed by atoms with E-state index in [0.29, 0.717) is 12.1 Å². The third kappa shape index (κ3) is 5.92. The maximum Gasteiger partial charge on any atom is 0.271 e. The van der Waals surface area contributed by atoms with Crippen molar-refractivity contribution >= 4 is 27.3 Å². The van der Waals surface area contributed by atoms with E-state index in [1.165, 1.54) is 43.5 Å². The number of methoxy groups -OCH3 is 1. The highest BCUT2D eigenvalue weighted by Crippen LogP contribution is 2.30. The van der Waals surface area contributed by atoms with Gasteiger partial charge < -0.3 is 10.1 Å². The fourth-order valence-corrected chi connectivity index (χ4v) is 3.62. The molecule has 0 unspecified atom stereocenters. The molecule has 1 amide bonds. The van der Waals surface area contributed by atoms with Gasteiger partial charge in [-0.2, -0.15) is 0 Å². The molecule has 0 atom stereocenters. The van der Waals surface area contributed by atoms with Gasteiger partial charge in [-0.3, -0.25) is 19.6 Å². The molecule has 0 bridgehead atoms. The third-order valence-electron chi connectivity index (χ3n) is 4.13. The zero-order valence-electron chi connectivity index (χ0n) is 16.2. The summed E-state index contributed by atoms with van der Waals surface area (Å²) in [4.78, 5) is 22.3. The number of hydrogen-bond donors (Lipinski definition) is 2. The minimum Gasteiger partial charge on any atom is -0.495 e. The highest BCUT2D eigenvalue weighted by atomic mass is 32.2. The second-order valence-electron chi connectivity index (χ2n) is 6.23. The van der Waals surface area contributed by atoms with Crippen molar-refractivity contribution in [1.82, 2.24) is 5.32 Å². The molecule has 0 fully saturated rings. The highest BCUT2D eigenvalue weighted by Gasteiger charge is 2.19. The minimum atomic E-state index is -4.04. The summed E-state index contributed by atoms with van der Waals surface area (Å²) < 4.78 is 32.6. The van der Waals surface area contributed by atoms with Crippen LogP contribution in [0, 0.1) is 10.1 Å². The summed E-state index contributed by atoms with van der Waals surface area (Å²) in [5, 5.41) is 13.7. The summed E-state index contributed by atoms with van der Waals surface area (Å²) in [7, 11) is -2.71.